The minimum absolute atomic E-state index is 1.01. The molecule has 150 valence electrons. The van der Waals surface area contributed by atoms with Crippen molar-refractivity contribution in [1.29, 1.82) is 0 Å². The maximum absolute atomic E-state index is 2.37. The molecular formula is C25H50. The van der Waals surface area contributed by atoms with Crippen LogP contribution in [-0.4, -0.2) is 0 Å². The Balaban J connectivity index is 0.000000191. The molecule has 0 aromatic carbocycles. The molecule has 0 heterocycles. The van der Waals surface area contributed by atoms with Crippen molar-refractivity contribution in [2.75, 3.05) is 0 Å². The maximum Gasteiger partial charge on any atom is -0.0389 e. The summed E-state index contributed by atoms with van der Waals surface area (Å²) in [7, 11) is 0. The molecule has 0 aliphatic heterocycles. The van der Waals surface area contributed by atoms with Crippen LogP contribution in [0.3, 0.4) is 0 Å². The molecule has 0 heteroatoms. The van der Waals surface area contributed by atoms with Gasteiger partial charge in [0.15, 0.2) is 0 Å². The number of hydrogen-bond acceptors (Lipinski definition) is 0. The Morgan fingerprint density at radius 3 is 1.08 bits per heavy atom. The fraction of sp³-hybridized carbons (Fsp3) is 1.00. The van der Waals surface area contributed by atoms with Gasteiger partial charge in [-0.15, -0.1) is 0 Å². The van der Waals surface area contributed by atoms with Crippen molar-refractivity contribution in [3.05, 3.63) is 0 Å². The van der Waals surface area contributed by atoms with Crippen molar-refractivity contribution in [2.45, 2.75) is 125 Å². The molecule has 0 aromatic heterocycles. The van der Waals surface area contributed by atoms with Crippen LogP contribution in [0.5, 0.6) is 0 Å². The van der Waals surface area contributed by atoms with E-state index in [2.05, 4.69) is 41.5 Å². The molecule has 0 amide bonds. The van der Waals surface area contributed by atoms with Crippen LogP contribution in [0.4, 0.5) is 0 Å². The van der Waals surface area contributed by atoms with Gasteiger partial charge < -0.3 is 0 Å². The average Bonchev–Trinajstić information content (AvgIpc) is 2.98. The van der Waals surface area contributed by atoms with Gasteiger partial charge in [-0.3, -0.25) is 0 Å². The van der Waals surface area contributed by atoms with E-state index >= 15 is 0 Å². The third kappa shape index (κ3) is 10.0. The van der Waals surface area contributed by atoms with Crippen LogP contribution in [0, 0.1) is 35.5 Å². The third-order valence-electron chi connectivity index (χ3n) is 7.27. The molecule has 0 saturated heterocycles. The highest BCUT2D eigenvalue weighted by Crippen LogP contribution is 2.34. The Morgan fingerprint density at radius 1 is 0.480 bits per heavy atom. The molecule has 3 aliphatic rings. The lowest BCUT2D eigenvalue weighted by Gasteiger charge is -2.29. The van der Waals surface area contributed by atoms with Gasteiger partial charge >= 0.3 is 0 Å². The van der Waals surface area contributed by atoms with Gasteiger partial charge in [0.05, 0.1) is 0 Å². The monoisotopic (exact) mass is 350 g/mol. The molecule has 6 atom stereocenters. The molecule has 25 heavy (non-hydrogen) atoms. The average molecular weight is 351 g/mol. The molecular weight excluding hydrogens is 300 g/mol. The zero-order valence-electron chi connectivity index (χ0n) is 18.7. The van der Waals surface area contributed by atoms with E-state index in [1.54, 1.807) is 0 Å². The largest absolute Gasteiger partial charge is 0.0651 e. The lowest BCUT2D eigenvalue weighted by atomic mass is 9.77. The van der Waals surface area contributed by atoms with Gasteiger partial charge in [-0.25, -0.2) is 0 Å². The van der Waals surface area contributed by atoms with Crippen molar-refractivity contribution in [1.82, 2.24) is 0 Å². The quantitative estimate of drug-likeness (QED) is 0.466. The van der Waals surface area contributed by atoms with Gasteiger partial charge in [-0.1, -0.05) is 112 Å². The van der Waals surface area contributed by atoms with Crippen LogP contribution in [0.25, 0.3) is 0 Å². The smallest absolute Gasteiger partial charge is 0.0389 e. The second-order valence-corrected chi connectivity index (χ2v) is 10.0. The minimum atomic E-state index is 1.01. The SMILES string of the molecule is CC1CCC(C)C1.CC1CCCC(C)C1.CCC1CCCCC1CC. The zero-order valence-corrected chi connectivity index (χ0v) is 18.7. The van der Waals surface area contributed by atoms with Gasteiger partial charge in [0.1, 0.15) is 0 Å². The summed E-state index contributed by atoms with van der Waals surface area (Å²) in [5.74, 6) is 6.21. The van der Waals surface area contributed by atoms with E-state index in [0.717, 1.165) is 35.5 Å². The summed E-state index contributed by atoms with van der Waals surface area (Å²) in [6.07, 6.45) is 19.2. The van der Waals surface area contributed by atoms with Crippen LogP contribution in [0.15, 0.2) is 0 Å². The van der Waals surface area contributed by atoms with Crippen LogP contribution in [0.1, 0.15) is 125 Å². The number of hydrogen-bond donors (Lipinski definition) is 0. The van der Waals surface area contributed by atoms with E-state index in [1.807, 2.05) is 0 Å². The maximum atomic E-state index is 2.37. The summed E-state index contributed by atoms with van der Waals surface area (Å²) in [6, 6.07) is 0. The molecule has 0 aromatic rings. The van der Waals surface area contributed by atoms with Gasteiger partial charge in [0.25, 0.3) is 0 Å². The van der Waals surface area contributed by atoms with E-state index < -0.39 is 0 Å². The molecule has 0 bridgehead atoms. The zero-order chi connectivity index (χ0) is 18.7. The molecule has 6 unspecified atom stereocenters. The first-order valence-corrected chi connectivity index (χ1v) is 12.0. The van der Waals surface area contributed by atoms with Gasteiger partial charge in [0, 0.05) is 0 Å². The first-order chi connectivity index (χ1) is 12.0. The summed E-state index contributed by atoms with van der Waals surface area (Å²) in [4.78, 5) is 0. The summed E-state index contributed by atoms with van der Waals surface area (Å²) < 4.78 is 0. The first-order valence-electron chi connectivity index (χ1n) is 12.0. The lowest BCUT2D eigenvalue weighted by Crippen LogP contribution is -2.17. The summed E-state index contributed by atoms with van der Waals surface area (Å²) >= 11 is 0. The topological polar surface area (TPSA) is 0 Å². The molecule has 0 spiro atoms. The molecule has 3 fully saturated rings. The van der Waals surface area contributed by atoms with E-state index in [1.165, 1.54) is 83.5 Å². The Labute approximate surface area is 160 Å². The van der Waals surface area contributed by atoms with E-state index in [4.69, 9.17) is 0 Å². The molecule has 0 nitrogen and oxygen atoms in total. The van der Waals surface area contributed by atoms with Gasteiger partial charge in [-0.05, 0) is 48.3 Å². The van der Waals surface area contributed by atoms with E-state index in [-0.39, 0.29) is 0 Å². The van der Waals surface area contributed by atoms with Crippen LogP contribution in [-0.2, 0) is 0 Å². The molecule has 3 saturated carbocycles. The lowest BCUT2D eigenvalue weighted by molar-refractivity contribution is 0.224. The molecule has 3 aliphatic carbocycles. The summed E-state index contributed by atoms with van der Waals surface area (Å²) in [5.41, 5.74) is 0. The minimum Gasteiger partial charge on any atom is -0.0651 e. The van der Waals surface area contributed by atoms with Crippen molar-refractivity contribution in [2.24, 2.45) is 35.5 Å². The Bertz CT molecular complexity index is 279. The highest BCUT2D eigenvalue weighted by atomic mass is 14.3. The van der Waals surface area contributed by atoms with Crippen molar-refractivity contribution in [3.8, 4) is 0 Å². The fourth-order valence-corrected chi connectivity index (χ4v) is 5.59. The van der Waals surface area contributed by atoms with Crippen LogP contribution in [0.2, 0.25) is 0 Å². The third-order valence-corrected chi connectivity index (χ3v) is 7.27. The number of rotatable bonds is 2. The van der Waals surface area contributed by atoms with Crippen molar-refractivity contribution >= 4 is 0 Å². The molecule has 0 radical (unpaired) electrons. The van der Waals surface area contributed by atoms with Gasteiger partial charge in [-0.2, -0.15) is 0 Å². The summed E-state index contributed by atoms with van der Waals surface area (Å²) in [5, 5.41) is 0. The van der Waals surface area contributed by atoms with Crippen LogP contribution < -0.4 is 0 Å². The summed E-state index contributed by atoms with van der Waals surface area (Å²) in [6.45, 7) is 14.1. The Morgan fingerprint density at radius 2 is 0.840 bits per heavy atom. The van der Waals surface area contributed by atoms with E-state index in [0.29, 0.717) is 0 Å². The van der Waals surface area contributed by atoms with Crippen molar-refractivity contribution < 1.29 is 0 Å². The van der Waals surface area contributed by atoms with E-state index in [9.17, 15) is 0 Å². The van der Waals surface area contributed by atoms with Gasteiger partial charge in [0.2, 0.25) is 0 Å². The van der Waals surface area contributed by atoms with Crippen molar-refractivity contribution in [3.63, 3.8) is 0 Å². The normalized spacial score (nSPS) is 38.2. The fourth-order valence-electron chi connectivity index (χ4n) is 5.59. The first kappa shape index (κ1) is 23.0. The Kier molecular flexibility index (Phi) is 12.2. The highest BCUT2D eigenvalue weighted by Gasteiger charge is 2.21. The standard InChI is InChI=1S/C10H20.C8H16.C7H14/c1-3-9-7-5-6-8-10(9)4-2;1-7-4-3-5-8(2)6-7;1-6-3-4-7(2)5-6/h9-10H,3-8H2,1-2H3;7-8H,3-6H2,1-2H3;6-7H,3-5H2,1-2H3. The predicted molar refractivity (Wildman–Crippen MR) is 115 cm³/mol. The van der Waals surface area contributed by atoms with Crippen LogP contribution >= 0.6 is 0 Å². The second-order valence-electron chi connectivity index (χ2n) is 10.0. The Hall–Kier alpha value is 0. The predicted octanol–water partition coefficient (Wildman–Crippen LogP) is 8.89. The molecule has 0 N–H and O–H groups in total. The molecule has 3 rings (SSSR count). The second kappa shape index (κ2) is 13.2. The highest BCUT2D eigenvalue weighted by molar-refractivity contribution is 4.73.